The minimum Gasteiger partial charge on any atom is -0.375 e. The number of rotatable bonds is 4. The summed E-state index contributed by atoms with van der Waals surface area (Å²) in [6.45, 7) is 5.61. The van der Waals surface area contributed by atoms with E-state index in [-0.39, 0.29) is 17.6 Å². The van der Waals surface area contributed by atoms with Crippen molar-refractivity contribution in [1.82, 2.24) is 10.6 Å². The van der Waals surface area contributed by atoms with Gasteiger partial charge in [-0.15, -0.1) is 0 Å². The first-order chi connectivity index (χ1) is 7.03. The maximum atomic E-state index is 11.5. The third-order valence-electron chi connectivity index (χ3n) is 2.66. The first-order valence-electron chi connectivity index (χ1n) is 5.61. The van der Waals surface area contributed by atoms with Crippen LogP contribution in [-0.2, 0) is 9.53 Å². The van der Waals surface area contributed by atoms with Crippen molar-refractivity contribution in [2.24, 2.45) is 0 Å². The van der Waals surface area contributed by atoms with E-state index in [1.54, 1.807) is 0 Å². The summed E-state index contributed by atoms with van der Waals surface area (Å²) in [5, 5.41) is 6.02. The fourth-order valence-electron chi connectivity index (χ4n) is 1.89. The van der Waals surface area contributed by atoms with Gasteiger partial charge in [-0.25, -0.2) is 0 Å². The van der Waals surface area contributed by atoms with E-state index in [9.17, 15) is 4.79 Å². The van der Waals surface area contributed by atoms with Gasteiger partial charge in [-0.3, -0.25) is 4.79 Å². The van der Waals surface area contributed by atoms with Crippen molar-refractivity contribution in [3.8, 4) is 0 Å². The Morgan fingerprint density at radius 1 is 1.53 bits per heavy atom. The zero-order valence-electron chi connectivity index (χ0n) is 9.93. The molecule has 0 bridgehead atoms. The summed E-state index contributed by atoms with van der Waals surface area (Å²) in [6, 6.07) is 0.276. The minimum atomic E-state index is -0.0980. The van der Waals surface area contributed by atoms with Crippen LogP contribution < -0.4 is 10.6 Å². The number of carbonyl (C=O) groups is 1. The molecule has 0 saturated carbocycles. The molecule has 0 aliphatic carbocycles. The lowest BCUT2D eigenvalue weighted by Gasteiger charge is -2.35. The summed E-state index contributed by atoms with van der Waals surface area (Å²) in [5.41, 5.74) is -0.0980. The normalized spacial score (nSPS) is 24.9. The standard InChI is InChI=1S/C11H22N2O2/c1-11(2)8-9(5-7-15-11)13-10(14)4-6-12-3/h9,12H,4-8H2,1-3H3,(H,13,14). The van der Waals surface area contributed by atoms with Gasteiger partial charge in [0.1, 0.15) is 0 Å². The molecule has 4 heteroatoms. The molecule has 2 N–H and O–H groups in total. The molecule has 1 fully saturated rings. The van der Waals surface area contributed by atoms with Crippen LogP contribution in [0.1, 0.15) is 33.1 Å². The van der Waals surface area contributed by atoms with Gasteiger partial charge in [-0.2, -0.15) is 0 Å². The molecule has 0 aromatic carbocycles. The van der Waals surface area contributed by atoms with Crippen molar-refractivity contribution < 1.29 is 9.53 Å². The largest absolute Gasteiger partial charge is 0.375 e. The van der Waals surface area contributed by atoms with E-state index in [0.717, 1.165) is 26.0 Å². The van der Waals surface area contributed by atoms with Crippen LogP contribution in [-0.4, -0.2) is 37.7 Å². The minimum absolute atomic E-state index is 0.0980. The third-order valence-corrected chi connectivity index (χ3v) is 2.66. The van der Waals surface area contributed by atoms with Crippen LogP contribution in [0.4, 0.5) is 0 Å². The predicted molar refractivity (Wildman–Crippen MR) is 59.7 cm³/mol. The van der Waals surface area contributed by atoms with Gasteiger partial charge in [0.25, 0.3) is 0 Å². The summed E-state index contributed by atoms with van der Waals surface area (Å²) in [4.78, 5) is 11.5. The van der Waals surface area contributed by atoms with Crippen molar-refractivity contribution in [3.05, 3.63) is 0 Å². The second-order valence-electron chi connectivity index (χ2n) is 4.72. The van der Waals surface area contributed by atoms with Crippen molar-refractivity contribution in [1.29, 1.82) is 0 Å². The maximum absolute atomic E-state index is 11.5. The van der Waals surface area contributed by atoms with E-state index < -0.39 is 0 Å². The second kappa shape index (κ2) is 5.47. The Bertz CT molecular complexity index is 217. The van der Waals surface area contributed by atoms with E-state index in [4.69, 9.17) is 4.74 Å². The Balaban J connectivity index is 2.28. The quantitative estimate of drug-likeness (QED) is 0.723. The van der Waals surface area contributed by atoms with Crippen LogP contribution in [0.5, 0.6) is 0 Å². The topological polar surface area (TPSA) is 50.4 Å². The Morgan fingerprint density at radius 2 is 2.27 bits per heavy atom. The molecular weight excluding hydrogens is 192 g/mol. The van der Waals surface area contributed by atoms with Crippen LogP contribution in [0.2, 0.25) is 0 Å². The molecule has 0 spiro atoms. The number of hydrogen-bond donors (Lipinski definition) is 2. The van der Waals surface area contributed by atoms with E-state index in [1.807, 2.05) is 7.05 Å². The van der Waals surface area contributed by atoms with Crippen LogP contribution in [0.3, 0.4) is 0 Å². The number of hydrogen-bond acceptors (Lipinski definition) is 3. The molecule has 88 valence electrons. The summed E-state index contributed by atoms with van der Waals surface area (Å²) in [7, 11) is 1.85. The lowest BCUT2D eigenvalue weighted by atomic mass is 9.94. The summed E-state index contributed by atoms with van der Waals surface area (Å²) in [6.07, 6.45) is 2.38. The van der Waals surface area contributed by atoms with Gasteiger partial charge >= 0.3 is 0 Å². The fourth-order valence-corrected chi connectivity index (χ4v) is 1.89. The van der Waals surface area contributed by atoms with Gasteiger partial charge in [-0.1, -0.05) is 0 Å². The smallest absolute Gasteiger partial charge is 0.221 e. The van der Waals surface area contributed by atoms with Gasteiger partial charge in [0.05, 0.1) is 5.60 Å². The Labute approximate surface area is 91.8 Å². The van der Waals surface area contributed by atoms with Crippen molar-refractivity contribution >= 4 is 5.91 Å². The highest BCUT2D eigenvalue weighted by molar-refractivity contribution is 5.76. The van der Waals surface area contributed by atoms with Gasteiger partial charge in [0, 0.05) is 25.6 Å². The second-order valence-corrected chi connectivity index (χ2v) is 4.72. The number of carbonyl (C=O) groups excluding carboxylic acids is 1. The van der Waals surface area contributed by atoms with Gasteiger partial charge in [-0.05, 0) is 33.7 Å². The molecule has 1 aliphatic heterocycles. The van der Waals surface area contributed by atoms with Gasteiger partial charge < -0.3 is 15.4 Å². The molecular formula is C11H22N2O2. The van der Waals surface area contributed by atoms with Crippen molar-refractivity contribution in [2.75, 3.05) is 20.2 Å². The molecule has 15 heavy (non-hydrogen) atoms. The highest BCUT2D eigenvalue weighted by atomic mass is 16.5. The number of nitrogens with one attached hydrogen (secondary N) is 2. The SMILES string of the molecule is CNCCC(=O)NC1CCOC(C)(C)C1. The summed E-state index contributed by atoms with van der Waals surface area (Å²) >= 11 is 0. The zero-order valence-corrected chi connectivity index (χ0v) is 9.93. The lowest BCUT2D eigenvalue weighted by molar-refractivity contribution is -0.124. The Kier molecular flexibility index (Phi) is 4.54. The van der Waals surface area contributed by atoms with Crippen LogP contribution in [0.15, 0.2) is 0 Å². The van der Waals surface area contributed by atoms with Crippen LogP contribution >= 0.6 is 0 Å². The molecule has 1 heterocycles. The molecule has 1 atom stereocenters. The van der Waals surface area contributed by atoms with E-state index in [0.29, 0.717) is 6.42 Å². The number of ether oxygens (including phenoxy) is 1. The molecule has 0 aromatic rings. The van der Waals surface area contributed by atoms with E-state index >= 15 is 0 Å². The average Bonchev–Trinajstić information content (AvgIpc) is 2.13. The zero-order chi connectivity index (χ0) is 11.3. The molecule has 0 radical (unpaired) electrons. The first kappa shape index (κ1) is 12.5. The molecule has 4 nitrogen and oxygen atoms in total. The van der Waals surface area contributed by atoms with E-state index in [1.165, 1.54) is 0 Å². The number of amides is 1. The molecule has 1 saturated heterocycles. The van der Waals surface area contributed by atoms with Gasteiger partial charge in [0.2, 0.25) is 5.91 Å². The van der Waals surface area contributed by atoms with Crippen LogP contribution in [0, 0.1) is 0 Å². The average molecular weight is 214 g/mol. The Morgan fingerprint density at radius 3 is 2.87 bits per heavy atom. The monoisotopic (exact) mass is 214 g/mol. The highest BCUT2D eigenvalue weighted by Gasteiger charge is 2.29. The highest BCUT2D eigenvalue weighted by Crippen LogP contribution is 2.23. The molecule has 1 unspecified atom stereocenters. The summed E-state index contributed by atoms with van der Waals surface area (Å²) in [5.74, 6) is 0.132. The van der Waals surface area contributed by atoms with E-state index in [2.05, 4.69) is 24.5 Å². The lowest BCUT2D eigenvalue weighted by Crippen LogP contribution is -2.46. The summed E-state index contributed by atoms with van der Waals surface area (Å²) < 4.78 is 5.59. The van der Waals surface area contributed by atoms with Crippen LogP contribution in [0.25, 0.3) is 0 Å². The molecule has 0 aromatic heterocycles. The molecule has 1 rings (SSSR count). The van der Waals surface area contributed by atoms with Crippen molar-refractivity contribution in [2.45, 2.75) is 44.8 Å². The maximum Gasteiger partial charge on any atom is 0.221 e. The molecule has 1 amide bonds. The fraction of sp³-hybridized carbons (Fsp3) is 0.909. The third kappa shape index (κ3) is 4.62. The predicted octanol–water partition coefficient (Wildman–Crippen LogP) is 0.670. The van der Waals surface area contributed by atoms with Crippen molar-refractivity contribution in [3.63, 3.8) is 0 Å². The Hall–Kier alpha value is -0.610. The van der Waals surface area contributed by atoms with Gasteiger partial charge in [0.15, 0.2) is 0 Å². The first-order valence-corrected chi connectivity index (χ1v) is 5.61. The molecule has 1 aliphatic rings.